The van der Waals surface area contributed by atoms with Gasteiger partial charge in [-0.1, -0.05) is 23.2 Å². The third-order valence-electron chi connectivity index (χ3n) is 4.04. The molecule has 0 bridgehead atoms. The highest BCUT2D eigenvalue weighted by Crippen LogP contribution is 2.29. The molecule has 2 amide bonds. The van der Waals surface area contributed by atoms with Gasteiger partial charge in [-0.3, -0.25) is 15.0 Å². The molecule has 6 N–H and O–H groups in total. The van der Waals surface area contributed by atoms with Gasteiger partial charge < -0.3 is 15.6 Å². The number of pyridine rings is 1. The molecule has 3 aromatic rings. The van der Waals surface area contributed by atoms with Crippen molar-refractivity contribution in [2.45, 2.75) is 6.54 Å². The fraction of sp³-hybridized carbons (Fsp3) is 0.0556. The molecule has 0 aliphatic heterocycles. The van der Waals surface area contributed by atoms with Crippen LogP contribution in [0.3, 0.4) is 0 Å². The molecule has 0 aliphatic rings. The summed E-state index contributed by atoms with van der Waals surface area (Å²) in [4.78, 5) is 29.3. The summed E-state index contributed by atoms with van der Waals surface area (Å²) in [7, 11) is 0. The van der Waals surface area contributed by atoms with Crippen molar-refractivity contribution in [3.63, 3.8) is 0 Å². The first kappa shape index (κ1) is 21.3. The summed E-state index contributed by atoms with van der Waals surface area (Å²) >= 11 is 15.6. The molecule has 150 valence electrons. The first-order valence-electron chi connectivity index (χ1n) is 8.19. The molecule has 0 saturated heterocycles. The molecule has 0 unspecified atom stereocenters. The van der Waals surface area contributed by atoms with Crippen molar-refractivity contribution < 1.29 is 9.59 Å². The van der Waals surface area contributed by atoms with Gasteiger partial charge in [0.1, 0.15) is 5.69 Å². The van der Waals surface area contributed by atoms with Crippen LogP contribution in [0.1, 0.15) is 26.4 Å². The van der Waals surface area contributed by atoms with Crippen LogP contribution in [0.15, 0.2) is 47.2 Å². The van der Waals surface area contributed by atoms with Crippen molar-refractivity contribution in [1.29, 1.82) is 0 Å². The smallest absolute Gasteiger partial charge is 0.272 e. The molecular weight excluding hydrogens is 483 g/mol. The highest BCUT2D eigenvalue weighted by molar-refractivity contribution is 9.10. The number of hydrogen-bond acceptors (Lipinski definition) is 5. The number of hydrazine groups is 1. The topological polar surface area (TPSA) is 128 Å². The normalized spacial score (nSPS) is 10.7. The Morgan fingerprint density at radius 2 is 1.97 bits per heavy atom. The minimum absolute atomic E-state index is 0.0418. The zero-order valence-electron chi connectivity index (χ0n) is 14.7. The molecule has 1 aromatic carbocycles. The van der Waals surface area contributed by atoms with Crippen LogP contribution in [0.5, 0.6) is 0 Å². The number of aromatic nitrogens is 2. The number of nitrogens with zero attached hydrogens (tertiary/aromatic N) is 2. The average molecular weight is 498 g/mol. The predicted molar refractivity (Wildman–Crippen MR) is 115 cm³/mol. The average Bonchev–Trinajstić information content (AvgIpc) is 3.10. The van der Waals surface area contributed by atoms with Gasteiger partial charge in [0, 0.05) is 28.4 Å². The molecule has 0 saturated carbocycles. The predicted octanol–water partition coefficient (Wildman–Crippen LogP) is 3.26. The number of carbonyl (C=O) groups is 2. The molecule has 0 aliphatic carbocycles. The lowest BCUT2D eigenvalue weighted by Crippen LogP contribution is -2.31. The SMILES string of the molecule is NCc1cc(Cl)cc(C(=O)NN)c1NC(=O)c1cc(Br)cn1-c1cccnc1Cl. The molecule has 0 atom stereocenters. The number of anilines is 1. The van der Waals surface area contributed by atoms with Gasteiger partial charge in [0.05, 0.1) is 16.9 Å². The highest BCUT2D eigenvalue weighted by Gasteiger charge is 2.21. The Labute approximate surface area is 184 Å². The largest absolute Gasteiger partial charge is 0.326 e. The van der Waals surface area contributed by atoms with E-state index in [1.807, 2.05) is 5.43 Å². The lowest BCUT2D eigenvalue weighted by Gasteiger charge is -2.16. The lowest BCUT2D eigenvalue weighted by molar-refractivity contribution is 0.0954. The van der Waals surface area contributed by atoms with E-state index in [2.05, 4.69) is 26.2 Å². The van der Waals surface area contributed by atoms with Gasteiger partial charge in [-0.05, 0) is 51.8 Å². The summed E-state index contributed by atoms with van der Waals surface area (Å²) in [6, 6.07) is 7.99. The summed E-state index contributed by atoms with van der Waals surface area (Å²) in [5.41, 5.74) is 9.35. The van der Waals surface area contributed by atoms with Gasteiger partial charge in [0.15, 0.2) is 5.15 Å². The van der Waals surface area contributed by atoms with E-state index < -0.39 is 11.8 Å². The molecule has 0 radical (unpaired) electrons. The summed E-state index contributed by atoms with van der Waals surface area (Å²) in [5.74, 6) is 4.14. The van der Waals surface area contributed by atoms with E-state index in [4.69, 9.17) is 34.8 Å². The van der Waals surface area contributed by atoms with E-state index in [1.54, 1.807) is 41.2 Å². The summed E-state index contributed by atoms with van der Waals surface area (Å²) in [6.45, 7) is 0.0418. The maximum atomic E-state index is 13.1. The summed E-state index contributed by atoms with van der Waals surface area (Å²) < 4.78 is 2.23. The van der Waals surface area contributed by atoms with Crippen molar-refractivity contribution in [3.05, 3.63) is 74.2 Å². The van der Waals surface area contributed by atoms with Crippen LogP contribution in [0.4, 0.5) is 5.69 Å². The molecule has 29 heavy (non-hydrogen) atoms. The van der Waals surface area contributed by atoms with Crippen molar-refractivity contribution in [2.24, 2.45) is 11.6 Å². The monoisotopic (exact) mass is 496 g/mol. The Bertz CT molecular complexity index is 1100. The van der Waals surface area contributed by atoms with Crippen molar-refractivity contribution >= 4 is 56.6 Å². The second-order valence-electron chi connectivity index (χ2n) is 5.85. The molecule has 11 heteroatoms. The third kappa shape index (κ3) is 4.44. The van der Waals surface area contributed by atoms with Crippen molar-refractivity contribution in [1.82, 2.24) is 15.0 Å². The maximum absolute atomic E-state index is 13.1. The van der Waals surface area contributed by atoms with Crippen LogP contribution in [-0.4, -0.2) is 21.4 Å². The number of amides is 2. The van der Waals surface area contributed by atoms with Gasteiger partial charge in [0.25, 0.3) is 11.8 Å². The van der Waals surface area contributed by atoms with E-state index in [-0.39, 0.29) is 33.7 Å². The highest BCUT2D eigenvalue weighted by atomic mass is 79.9. The first-order valence-corrected chi connectivity index (χ1v) is 9.74. The summed E-state index contributed by atoms with van der Waals surface area (Å²) in [6.07, 6.45) is 3.22. The van der Waals surface area contributed by atoms with Gasteiger partial charge >= 0.3 is 0 Å². The Hall–Kier alpha value is -2.43. The number of rotatable bonds is 5. The van der Waals surface area contributed by atoms with Crippen molar-refractivity contribution in [2.75, 3.05) is 5.32 Å². The molecule has 2 aromatic heterocycles. The van der Waals surface area contributed by atoms with E-state index in [9.17, 15) is 9.59 Å². The second kappa shape index (κ2) is 8.93. The number of nitrogen functional groups attached to an aromatic ring is 1. The number of carbonyl (C=O) groups excluding carboxylic acids is 2. The fourth-order valence-electron chi connectivity index (χ4n) is 2.77. The molecule has 8 nitrogen and oxygen atoms in total. The Balaban J connectivity index is 2.07. The summed E-state index contributed by atoms with van der Waals surface area (Å²) in [5, 5.41) is 3.24. The number of nitrogens with one attached hydrogen (secondary N) is 2. The standard InChI is InChI=1S/C18H15BrCl2N6O2/c19-10-5-14(27(8-10)13-2-1-3-24-16(13)21)18(29)25-15-9(7-22)4-11(20)6-12(15)17(28)26-23/h1-6,8H,7,22-23H2,(H,25,29)(H,26,28). The number of halogens is 3. The molecule has 0 fully saturated rings. The minimum atomic E-state index is -0.621. The third-order valence-corrected chi connectivity index (χ3v) is 4.98. The van der Waals surface area contributed by atoms with E-state index in [0.717, 1.165) is 0 Å². The fourth-order valence-corrected chi connectivity index (χ4v) is 3.64. The van der Waals surface area contributed by atoms with Crippen LogP contribution in [0.25, 0.3) is 5.69 Å². The zero-order valence-corrected chi connectivity index (χ0v) is 17.8. The Morgan fingerprint density at radius 1 is 1.21 bits per heavy atom. The van der Waals surface area contributed by atoms with E-state index in [1.165, 1.54) is 6.07 Å². The van der Waals surface area contributed by atoms with Crippen LogP contribution >= 0.6 is 39.1 Å². The van der Waals surface area contributed by atoms with Gasteiger partial charge in [-0.15, -0.1) is 0 Å². The Morgan fingerprint density at radius 3 is 2.62 bits per heavy atom. The van der Waals surface area contributed by atoms with Gasteiger partial charge in [0.2, 0.25) is 0 Å². The molecular formula is C18H15BrCl2N6O2. The van der Waals surface area contributed by atoms with Crippen LogP contribution in [0, 0.1) is 0 Å². The van der Waals surface area contributed by atoms with Gasteiger partial charge in [-0.25, -0.2) is 10.8 Å². The quantitative estimate of drug-likeness (QED) is 0.186. The van der Waals surface area contributed by atoms with E-state index in [0.29, 0.717) is 15.7 Å². The Kier molecular flexibility index (Phi) is 6.56. The number of benzene rings is 1. The number of nitrogens with two attached hydrogens (primary N) is 2. The zero-order chi connectivity index (χ0) is 21.1. The lowest BCUT2D eigenvalue weighted by atomic mass is 10.1. The number of hydrogen-bond donors (Lipinski definition) is 4. The molecule has 2 heterocycles. The first-order chi connectivity index (χ1) is 13.8. The minimum Gasteiger partial charge on any atom is -0.326 e. The van der Waals surface area contributed by atoms with Crippen LogP contribution < -0.4 is 22.3 Å². The van der Waals surface area contributed by atoms with Crippen LogP contribution in [-0.2, 0) is 6.54 Å². The van der Waals surface area contributed by atoms with E-state index >= 15 is 0 Å². The van der Waals surface area contributed by atoms with Gasteiger partial charge in [-0.2, -0.15) is 0 Å². The maximum Gasteiger partial charge on any atom is 0.272 e. The van der Waals surface area contributed by atoms with Crippen molar-refractivity contribution in [3.8, 4) is 5.69 Å². The molecule has 0 spiro atoms. The second-order valence-corrected chi connectivity index (χ2v) is 7.56. The molecule has 3 rings (SSSR count). The van der Waals surface area contributed by atoms with Crippen LogP contribution in [0.2, 0.25) is 10.2 Å².